The number of ether oxygens (including phenoxy) is 3. The van der Waals surface area contributed by atoms with Gasteiger partial charge in [0.05, 0.1) is 18.8 Å². The summed E-state index contributed by atoms with van der Waals surface area (Å²) < 4.78 is 18.4. The van der Waals surface area contributed by atoms with Gasteiger partial charge in [0.15, 0.2) is 11.3 Å². The van der Waals surface area contributed by atoms with Crippen LogP contribution in [0.25, 0.3) is 18.2 Å². The second-order valence-corrected chi connectivity index (χ2v) is 12.1. The molecule has 242 valence electrons. The van der Waals surface area contributed by atoms with Gasteiger partial charge in [-0.05, 0) is 83.7 Å². The second kappa shape index (κ2) is 17.8. The molecule has 2 aromatic rings. The maximum absolute atomic E-state index is 9.81. The van der Waals surface area contributed by atoms with E-state index in [0.717, 1.165) is 46.9 Å². The molecular formula is C36H42N4O5S. The highest BCUT2D eigenvalue weighted by Gasteiger charge is 2.38. The van der Waals surface area contributed by atoms with Crippen molar-refractivity contribution in [3.8, 4) is 29.7 Å². The van der Waals surface area contributed by atoms with Crippen LogP contribution in [-0.4, -0.2) is 55.3 Å². The molecule has 10 heteroatoms. The maximum atomic E-state index is 9.81. The summed E-state index contributed by atoms with van der Waals surface area (Å²) in [6.45, 7) is 10.6. The highest BCUT2D eigenvalue weighted by atomic mass is 32.1. The fourth-order valence-electron chi connectivity index (χ4n) is 4.91. The number of hydrogen-bond acceptors (Lipinski definition) is 10. The Morgan fingerprint density at radius 1 is 0.870 bits per heavy atom. The van der Waals surface area contributed by atoms with E-state index < -0.39 is 5.60 Å². The van der Waals surface area contributed by atoms with Crippen LogP contribution < -0.4 is 14.4 Å². The summed E-state index contributed by atoms with van der Waals surface area (Å²) in [4.78, 5) is 4.16. The van der Waals surface area contributed by atoms with Crippen LogP contribution in [0, 0.1) is 34.0 Å². The molecule has 1 aliphatic heterocycles. The minimum Gasteiger partial charge on any atom is -0.493 e. The van der Waals surface area contributed by atoms with E-state index >= 15 is 0 Å². The highest BCUT2D eigenvalue weighted by Crippen LogP contribution is 2.41. The monoisotopic (exact) mass is 642 g/mol. The van der Waals surface area contributed by atoms with Gasteiger partial charge in [-0.25, -0.2) is 0 Å². The van der Waals surface area contributed by atoms with Crippen molar-refractivity contribution in [2.75, 3.05) is 44.4 Å². The summed E-state index contributed by atoms with van der Waals surface area (Å²) in [5.74, 6) is 1.41. The Kier molecular flexibility index (Phi) is 13.9. The largest absolute Gasteiger partial charge is 0.493 e. The van der Waals surface area contributed by atoms with Crippen molar-refractivity contribution in [1.29, 1.82) is 15.8 Å². The van der Waals surface area contributed by atoms with E-state index in [1.54, 1.807) is 31.3 Å². The van der Waals surface area contributed by atoms with E-state index in [1.165, 1.54) is 0 Å². The van der Waals surface area contributed by atoms with Crippen LogP contribution in [0.3, 0.4) is 0 Å². The second-order valence-electron chi connectivity index (χ2n) is 10.9. The Hall–Kier alpha value is -4.53. The average Bonchev–Trinajstić information content (AvgIpc) is 3.61. The lowest BCUT2D eigenvalue weighted by Gasteiger charge is -2.24. The smallest absolute Gasteiger partial charge is 0.172 e. The molecular weight excluding hydrogens is 600 g/mol. The topological polar surface area (TPSA) is 143 Å². The van der Waals surface area contributed by atoms with Crippen LogP contribution >= 0.6 is 11.3 Å². The van der Waals surface area contributed by atoms with Crippen molar-refractivity contribution < 1.29 is 24.4 Å². The Labute approximate surface area is 276 Å². The summed E-state index contributed by atoms with van der Waals surface area (Å²) in [5.41, 5.74) is 1.48. The van der Waals surface area contributed by atoms with Crippen LogP contribution in [-0.2, 0) is 4.74 Å². The molecule has 0 aliphatic carbocycles. The van der Waals surface area contributed by atoms with E-state index in [1.807, 2.05) is 54.6 Å². The molecule has 2 heterocycles. The van der Waals surface area contributed by atoms with Gasteiger partial charge in [0.2, 0.25) is 0 Å². The molecule has 1 aromatic carbocycles. The van der Waals surface area contributed by atoms with Crippen LogP contribution in [0.5, 0.6) is 11.5 Å². The SMILES string of the molecule is CCN(CC)c1cc(OCCCCO)c(/C=C/c2ccc(/C=C/C3=C(C#N)C(=C(C#N)C#N)OC3(C)C)s2)c(OCCCCO)c1. The standard InChI is InChI=1S/C36H42N4O5S/c1-5-40(6-2)27-21-33(43-19-9-7-17-41)30(34(22-27)44-20-10-8-18-42)15-13-28-11-12-29(46-28)14-16-32-31(25-39)35(26(23-37)24-38)45-36(32,3)4/h11-16,21-22,41-42H,5-10,17-20H2,1-4H3/b15-13+,16-14+. The van der Waals surface area contributed by atoms with E-state index in [0.29, 0.717) is 43.1 Å². The van der Waals surface area contributed by atoms with Crippen LogP contribution in [0.1, 0.15) is 68.7 Å². The van der Waals surface area contributed by atoms with Gasteiger partial charge < -0.3 is 29.3 Å². The zero-order chi connectivity index (χ0) is 33.5. The van der Waals surface area contributed by atoms with E-state index in [2.05, 4.69) is 24.8 Å². The van der Waals surface area contributed by atoms with Crippen LogP contribution in [0.4, 0.5) is 5.69 Å². The number of unbranched alkanes of at least 4 members (excludes halogenated alkanes) is 2. The van der Waals surface area contributed by atoms with E-state index in [-0.39, 0.29) is 30.1 Å². The molecule has 0 amide bonds. The minimum atomic E-state index is -0.881. The first-order valence-electron chi connectivity index (χ1n) is 15.5. The Bertz CT molecular complexity index is 1540. The van der Waals surface area contributed by atoms with Gasteiger partial charge in [-0.15, -0.1) is 11.3 Å². The predicted molar refractivity (Wildman–Crippen MR) is 182 cm³/mol. The molecule has 1 aliphatic rings. The number of aliphatic hydroxyl groups excluding tert-OH is 2. The van der Waals surface area contributed by atoms with Crippen molar-refractivity contribution >= 4 is 35.3 Å². The Morgan fingerprint density at radius 3 is 1.89 bits per heavy atom. The molecule has 1 aromatic heterocycles. The fourth-order valence-corrected chi connectivity index (χ4v) is 5.73. The molecule has 2 N–H and O–H groups in total. The Morgan fingerprint density at radius 2 is 1.41 bits per heavy atom. The van der Waals surface area contributed by atoms with Crippen LogP contribution in [0.2, 0.25) is 0 Å². The van der Waals surface area contributed by atoms with Gasteiger partial charge in [0.25, 0.3) is 0 Å². The number of hydrogen-bond donors (Lipinski definition) is 2. The van der Waals surface area contributed by atoms with E-state index in [4.69, 9.17) is 14.2 Å². The number of nitriles is 3. The molecule has 0 atom stereocenters. The summed E-state index contributed by atoms with van der Waals surface area (Å²) >= 11 is 1.55. The first-order chi connectivity index (χ1) is 22.3. The number of rotatable bonds is 17. The fraction of sp³-hybridized carbons (Fsp3) is 0.417. The molecule has 3 rings (SSSR count). The summed E-state index contributed by atoms with van der Waals surface area (Å²) in [6.07, 6.45) is 10.4. The van der Waals surface area contributed by atoms with Crippen LogP contribution in [0.15, 0.2) is 52.8 Å². The number of allylic oxidation sites excluding steroid dienone is 2. The molecule has 0 unspecified atom stereocenters. The molecule has 0 radical (unpaired) electrons. The summed E-state index contributed by atoms with van der Waals surface area (Å²) in [7, 11) is 0. The van der Waals surface area contributed by atoms with Gasteiger partial charge >= 0.3 is 0 Å². The van der Waals surface area contributed by atoms with Gasteiger partial charge in [-0.3, -0.25) is 0 Å². The van der Waals surface area contributed by atoms with Gasteiger partial charge in [-0.1, -0.05) is 6.08 Å². The first kappa shape index (κ1) is 35.9. The third-order valence-corrected chi connectivity index (χ3v) is 8.39. The van der Waals surface area contributed by atoms with Gasteiger partial charge in [-0.2, -0.15) is 15.8 Å². The van der Waals surface area contributed by atoms with Gasteiger partial charge in [0.1, 0.15) is 40.9 Å². The van der Waals surface area contributed by atoms with E-state index in [9.17, 15) is 26.0 Å². The Balaban J connectivity index is 1.97. The lowest BCUT2D eigenvalue weighted by atomic mass is 9.94. The van der Waals surface area contributed by atoms with Crippen molar-refractivity contribution in [1.82, 2.24) is 0 Å². The van der Waals surface area contributed by atoms with Crippen molar-refractivity contribution in [2.45, 2.75) is 59.0 Å². The minimum absolute atomic E-state index is 0.0164. The zero-order valence-electron chi connectivity index (χ0n) is 27.0. The maximum Gasteiger partial charge on any atom is 0.172 e. The molecule has 0 bridgehead atoms. The lowest BCUT2D eigenvalue weighted by Crippen LogP contribution is -2.22. The number of nitrogens with zero attached hydrogens (tertiary/aromatic N) is 4. The number of anilines is 1. The normalized spacial score (nSPS) is 13.8. The number of aliphatic hydroxyl groups is 2. The molecule has 9 nitrogen and oxygen atoms in total. The third kappa shape index (κ3) is 9.25. The zero-order valence-corrected chi connectivity index (χ0v) is 27.8. The molecule has 46 heavy (non-hydrogen) atoms. The van der Waals surface area contributed by atoms with Crippen molar-refractivity contribution in [3.63, 3.8) is 0 Å². The first-order valence-corrected chi connectivity index (χ1v) is 16.3. The highest BCUT2D eigenvalue weighted by molar-refractivity contribution is 7.13. The third-order valence-electron chi connectivity index (χ3n) is 7.38. The lowest BCUT2D eigenvalue weighted by molar-refractivity contribution is 0.0954. The quantitative estimate of drug-likeness (QED) is 0.138. The van der Waals surface area contributed by atoms with Crippen molar-refractivity contribution in [3.05, 3.63) is 68.1 Å². The molecule has 0 fully saturated rings. The summed E-state index contributed by atoms with van der Waals surface area (Å²) in [6, 6.07) is 13.8. The number of benzene rings is 1. The molecule has 0 spiro atoms. The molecule has 0 saturated heterocycles. The molecule has 0 saturated carbocycles. The number of thiophene rings is 1. The predicted octanol–water partition coefficient (Wildman–Crippen LogP) is 7.01. The van der Waals surface area contributed by atoms with Gasteiger partial charge in [0, 0.05) is 59.5 Å². The summed E-state index contributed by atoms with van der Waals surface area (Å²) in [5, 5.41) is 46.9. The van der Waals surface area contributed by atoms with Crippen molar-refractivity contribution in [2.24, 2.45) is 0 Å². The average molecular weight is 643 g/mol.